The fourth-order valence-corrected chi connectivity index (χ4v) is 5.70. The van der Waals surface area contributed by atoms with E-state index in [9.17, 15) is 19.4 Å². The molecule has 3 unspecified atom stereocenters. The molecule has 0 aliphatic carbocycles. The van der Waals surface area contributed by atoms with E-state index in [1.807, 2.05) is 21.1 Å². The number of nitrogens with zero attached hydrogens (tertiary/aromatic N) is 1. The molecule has 1 amide bonds. The molecular weight excluding hydrogens is 551 g/mol. The lowest BCUT2D eigenvalue weighted by Gasteiger charge is -2.30. The fraction of sp³-hybridized carbons (Fsp3) is 0.970. The van der Waals surface area contributed by atoms with Crippen LogP contribution in [0.3, 0.4) is 0 Å². The second-order valence-electron chi connectivity index (χ2n) is 13.2. The molecule has 0 aromatic carbocycles. The number of aliphatic hydroxyl groups is 1. The van der Waals surface area contributed by atoms with Crippen LogP contribution in [0, 0.1) is 0 Å². The van der Waals surface area contributed by atoms with Crippen LogP contribution in [-0.2, 0) is 18.4 Å². The minimum atomic E-state index is -4.53. The molecule has 8 nitrogen and oxygen atoms in total. The van der Waals surface area contributed by atoms with Gasteiger partial charge in [0.25, 0.3) is 7.82 Å². The molecule has 42 heavy (non-hydrogen) atoms. The average molecular weight is 621 g/mol. The van der Waals surface area contributed by atoms with Crippen LogP contribution in [0.5, 0.6) is 0 Å². The van der Waals surface area contributed by atoms with E-state index >= 15 is 0 Å². The summed E-state index contributed by atoms with van der Waals surface area (Å²) in [5, 5.41) is 13.6. The van der Waals surface area contributed by atoms with Gasteiger partial charge in [-0.15, -0.1) is 0 Å². The Kier molecular flexibility index (Phi) is 26.5. The quantitative estimate of drug-likeness (QED) is 0.0468. The van der Waals surface area contributed by atoms with E-state index in [1.54, 1.807) is 0 Å². The molecule has 0 spiro atoms. The minimum absolute atomic E-state index is 0.0140. The van der Waals surface area contributed by atoms with Crippen molar-refractivity contribution in [2.24, 2.45) is 0 Å². The average Bonchev–Trinajstić information content (AvgIpc) is 2.92. The highest BCUT2D eigenvalue weighted by Gasteiger charge is 2.24. The van der Waals surface area contributed by atoms with Gasteiger partial charge < -0.3 is 28.8 Å². The van der Waals surface area contributed by atoms with E-state index in [2.05, 4.69) is 19.2 Å². The molecule has 0 bridgehead atoms. The van der Waals surface area contributed by atoms with E-state index in [0.717, 1.165) is 38.5 Å². The Bertz CT molecular complexity index is 673. The van der Waals surface area contributed by atoms with E-state index < -0.39 is 20.0 Å². The number of unbranched alkanes of at least 4 members (excludes halogenated alkanes) is 18. The summed E-state index contributed by atoms with van der Waals surface area (Å²) in [6.45, 7) is 4.53. The van der Waals surface area contributed by atoms with Crippen LogP contribution in [0.15, 0.2) is 0 Å². The molecule has 0 heterocycles. The van der Waals surface area contributed by atoms with Crippen LogP contribution in [0.2, 0.25) is 0 Å². The van der Waals surface area contributed by atoms with Crippen LogP contribution >= 0.6 is 7.82 Å². The normalized spacial score (nSPS) is 14.9. The van der Waals surface area contributed by atoms with Crippen molar-refractivity contribution >= 4 is 13.7 Å². The largest absolute Gasteiger partial charge is 0.756 e. The smallest absolute Gasteiger partial charge is 0.268 e. The highest BCUT2D eigenvalue weighted by Crippen LogP contribution is 2.38. The summed E-state index contributed by atoms with van der Waals surface area (Å²) in [6, 6.07) is -0.788. The number of likely N-dealkylation sites (N-methyl/N-ethyl adjacent to an activating group) is 1. The van der Waals surface area contributed by atoms with Crippen LogP contribution in [0.25, 0.3) is 0 Å². The second-order valence-corrected chi connectivity index (χ2v) is 14.6. The Morgan fingerprint density at radius 2 is 1.17 bits per heavy atom. The molecule has 0 saturated heterocycles. The zero-order valence-electron chi connectivity index (χ0n) is 28.2. The third-order valence-corrected chi connectivity index (χ3v) is 8.81. The number of hydrogen-bond donors (Lipinski definition) is 2. The Hall–Kier alpha value is -0.500. The first kappa shape index (κ1) is 41.5. The molecule has 252 valence electrons. The SMILES string of the molecule is CCCCCCCCCCCCCCCCCCCC(O)C(COP(=O)([O-])OCC[N+](C)(C)C)NC(=O)CCCCC. The van der Waals surface area contributed by atoms with Crippen molar-refractivity contribution in [3.05, 3.63) is 0 Å². The van der Waals surface area contributed by atoms with Crippen molar-refractivity contribution in [3.63, 3.8) is 0 Å². The number of carbonyl (C=O) groups excluding carboxylic acids is 1. The molecule has 0 rings (SSSR count). The molecular formula is C33H69N2O6P. The van der Waals surface area contributed by atoms with Gasteiger partial charge in [-0.1, -0.05) is 136 Å². The molecule has 0 radical (unpaired) electrons. The molecule has 0 aromatic rings. The summed E-state index contributed by atoms with van der Waals surface area (Å²) in [4.78, 5) is 24.7. The van der Waals surface area contributed by atoms with Gasteiger partial charge in [0.2, 0.25) is 5.91 Å². The molecule has 0 fully saturated rings. The molecule has 0 aliphatic heterocycles. The lowest BCUT2D eigenvalue weighted by molar-refractivity contribution is -0.870. The number of aliphatic hydroxyl groups excluding tert-OH is 1. The van der Waals surface area contributed by atoms with Gasteiger partial charge in [-0.3, -0.25) is 9.36 Å². The van der Waals surface area contributed by atoms with Crippen molar-refractivity contribution in [3.8, 4) is 0 Å². The Morgan fingerprint density at radius 3 is 1.62 bits per heavy atom. The first-order valence-corrected chi connectivity index (χ1v) is 18.8. The van der Waals surface area contributed by atoms with Gasteiger partial charge in [0.15, 0.2) is 0 Å². The van der Waals surface area contributed by atoms with Crippen molar-refractivity contribution < 1.29 is 32.9 Å². The third-order valence-electron chi connectivity index (χ3n) is 7.85. The Labute approximate surface area is 259 Å². The van der Waals surface area contributed by atoms with Gasteiger partial charge >= 0.3 is 0 Å². The Morgan fingerprint density at radius 1 is 0.738 bits per heavy atom. The topological polar surface area (TPSA) is 108 Å². The van der Waals surface area contributed by atoms with Crippen molar-refractivity contribution in [2.45, 2.75) is 167 Å². The minimum Gasteiger partial charge on any atom is -0.756 e. The fourth-order valence-electron chi connectivity index (χ4n) is 4.98. The number of phosphoric ester groups is 1. The summed E-state index contributed by atoms with van der Waals surface area (Å²) in [7, 11) is 1.30. The summed E-state index contributed by atoms with van der Waals surface area (Å²) in [5.74, 6) is -0.190. The lowest BCUT2D eigenvalue weighted by Crippen LogP contribution is -2.46. The standard InChI is InChI=1S/C33H69N2O6P/c1-6-8-10-11-12-13-14-15-16-17-18-19-20-21-22-23-25-26-32(36)31(34-33(37)27-24-9-7-2)30-41-42(38,39)40-29-28-35(3,4)5/h31-32,36H,6-30H2,1-5H3,(H-,34,37,38,39). The zero-order chi connectivity index (χ0) is 31.5. The van der Waals surface area contributed by atoms with Crippen LogP contribution in [-0.4, -0.2) is 68.5 Å². The van der Waals surface area contributed by atoms with E-state index in [4.69, 9.17) is 9.05 Å². The molecule has 0 saturated carbocycles. The Balaban J connectivity index is 4.18. The maximum Gasteiger partial charge on any atom is 0.268 e. The predicted molar refractivity (Wildman–Crippen MR) is 173 cm³/mol. The maximum absolute atomic E-state index is 12.4. The van der Waals surface area contributed by atoms with Gasteiger partial charge in [-0.2, -0.15) is 0 Å². The second kappa shape index (κ2) is 26.9. The molecule has 9 heteroatoms. The summed E-state index contributed by atoms with van der Waals surface area (Å²) >= 11 is 0. The number of carbonyl (C=O) groups is 1. The highest BCUT2D eigenvalue weighted by atomic mass is 31.2. The highest BCUT2D eigenvalue weighted by molar-refractivity contribution is 7.45. The third kappa shape index (κ3) is 28.3. The number of amides is 1. The van der Waals surface area contributed by atoms with Crippen LogP contribution in [0.4, 0.5) is 0 Å². The monoisotopic (exact) mass is 620 g/mol. The number of quaternary nitrogens is 1. The van der Waals surface area contributed by atoms with Crippen molar-refractivity contribution in [2.75, 3.05) is 40.9 Å². The molecule has 2 N–H and O–H groups in total. The summed E-state index contributed by atoms with van der Waals surface area (Å²) in [6.07, 6.45) is 24.6. The number of phosphoric acid groups is 1. The maximum atomic E-state index is 12.4. The predicted octanol–water partition coefficient (Wildman–Crippen LogP) is 7.66. The summed E-state index contributed by atoms with van der Waals surface area (Å²) in [5.41, 5.74) is 0. The lowest BCUT2D eigenvalue weighted by atomic mass is 10.0. The molecule has 0 aromatic heterocycles. The van der Waals surface area contributed by atoms with Gasteiger partial charge in [0.05, 0.1) is 39.9 Å². The molecule has 3 atom stereocenters. The van der Waals surface area contributed by atoms with Crippen LogP contribution in [0.1, 0.15) is 155 Å². The number of rotatable bonds is 31. The van der Waals surface area contributed by atoms with Crippen LogP contribution < -0.4 is 10.2 Å². The first-order chi connectivity index (χ1) is 20.0. The van der Waals surface area contributed by atoms with Gasteiger partial charge in [0, 0.05) is 6.42 Å². The van der Waals surface area contributed by atoms with Gasteiger partial charge in [-0.05, 0) is 12.8 Å². The number of nitrogens with one attached hydrogen (secondary N) is 1. The van der Waals surface area contributed by atoms with Gasteiger partial charge in [0.1, 0.15) is 13.2 Å². The summed E-state index contributed by atoms with van der Waals surface area (Å²) < 4.78 is 22.9. The number of hydrogen-bond acceptors (Lipinski definition) is 6. The van der Waals surface area contributed by atoms with E-state index in [1.165, 1.54) is 89.9 Å². The zero-order valence-corrected chi connectivity index (χ0v) is 29.1. The van der Waals surface area contributed by atoms with Crippen molar-refractivity contribution in [1.29, 1.82) is 0 Å². The van der Waals surface area contributed by atoms with E-state index in [-0.39, 0.29) is 19.1 Å². The van der Waals surface area contributed by atoms with E-state index in [0.29, 0.717) is 23.9 Å². The van der Waals surface area contributed by atoms with Gasteiger partial charge in [-0.25, -0.2) is 0 Å². The first-order valence-electron chi connectivity index (χ1n) is 17.4. The molecule has 0 aliphatic rings. The van der Waals surface area contributed by atoms with Crippen molar-refractivity contribution in [1.82, 2.24) is 5.32 Å².